The molecule has 1 aromatic carbocycles. The number of aliphatic carboxylic acids is 1. The van der Waals surface area contributed by atoms with E-state index >= 15 is 0 Å². The van der Waals surface area contributed by atoms with Gasteiger partial charge in [0.1, 0.15) is 6.04 Å². The third-order valence-electron chi connectivity index (χ3n) is 2.43. The average Bonchev–Trinajstić information content (AvgIpc) is 2.42. The van der Waals surface area contributed by atoms with Crippen LogP contribution in [-0.4, -0.2) is 40.8 Å². The maximum Gasteiger partial charge on any atom is 0.335 e. The number of urea groups is 1. The van der Waals surface area contributed by atoms with Gasteiger partial charge in [-0.05, 0) is 17.7 Å². The molecule has 0 heterocycles. The molecule has 8 heteroatoms. The Labute approximate surface area is 114 Å². The average molecular weight is 281 g/mol. The molecule has 1 aromatic rings. The van der Waals surface area contributed by atoms with Gasteiger partial charge in [0.15, 0.2) is 0 Å². The first-order valence-corrected chi connectivity index (χ1v) is 5.72. The molecule has 20 heavy (non-hydrogen) atoms. The van der Waals surface area contributed by atoms with E-state index in [2.05, 4.69) is 10.6 Å². The molecule has 8 nitrogen and oxygen atoms in total. The summed E-state index contributed by atoms with van der Waals surface area (Å²) in [6.07, 6.45) is 0. The van der Waals surface area contributed by atoms with Crippen molar-refractivity contribution >= 4 is 18.0 Å². The van der Waals surface area contributed by atoms with Crippen molar-refractivity contribution in [3.8, 4) is 0 Å². The fraction of sp³-hybridized carbons (Fsp3) is 0.250. The molecule has 0 aliphatic rings. The van der Waals surface area contributed by atoms with E-state index in [4.69, 9.17) is 15.9 Å². The van der Waals surface area contributed by atoms with E-state index in [1.165, 1.54) is 12.1 Å². The maximum atomic E-state index is 11.4. The zero-order valence-electron chi connectivity index (χ0n) is 10.5. The van der Waals surface area contributed by atoms with Gasteiger partial charge in [-0.1, -0.05) is 12.1 Å². The zero-order chi connectivity index (χ0) is 15.1. The molecule has 1 rings (SSSR count). The topological polar surface area (TPSA) is 142 Å². The molecule has 0 saturated carbocycles. The molecular formula is C12H15N3O5. The SMILES string of the molecule is N[C@@H](CNC(=O)NCc1cccc(C(=O)O)c1)C(=O)O. The van der Waals surface area contributed by atoms with E-state index in [0.29, 0.717) is 5.56 Å². The number of aromatic carboxylic acids is 1. The summed E-state index contributed by atoms with van der Waals surface area (Å²) in [7, 11) is 0. The second kappa shape index (κ2) is 7.10. The second-order valence-corrected chi connectivity index (χ2v) is 4.01. The summed E-state index contributed by atoms with van der Waals surface area (Å²) in [5.74, 6) is -2.26. The van der Waals surface area contributed by atoms with E-state index in [9.17, 15) is 14.4 Å². The molecule has 0 unspecified atom stereocenters. The van der Waals surface area contributed by atoms with Gasteiger partial charge in [-0.25, -0.2) is 9.59 Å². The molecular weight excluding hydrogens is 266 g/mol. The predicted octanol–water partition coefficient (Wildman–Crippen LogP) is -0.404. The van der Waals surface area contributed by atoms with E-state index in [1.807, 2.05) is 0 Å². The van der Waals surface area contributed by atoms with Crippen LogP contribution in [0.4, 0.5) is 4.79 Å². The Morgan fingerprint density at radius 3 is 2.50 bits per heavy atom. The number of rotatable bonds is 6. The van der Waals surface area contributed by atoms with Crippen LogP contribution < -0.4 is 16.4 Å². The molecule has 0 aliphatic heterocycles. The molecule has 0 bridgehead atoms. The molecule has 1 atom stereocenters. The smallest absolute Gasteiger partial charge is 0.335 e. The van der Waals surface area contributed by atoms with Crippen molar-refractivity contribution in [2.24, 2.45) is 5.73 Å². The van der Waals surface area contributed by atoms with Gasteiger partial charge < -0.3 is 26.6 Å². The van der Waals surface area contributed by atoms with Crippen LogP contribution in [0.1, 0.15) is 15.9 Å². The molecule has 2 amide bonds. The van der Waals surface area contributed by atoms with E-state index in [0.717, 1.165) is 0 Å². The largest absolute Gasteiger partial charge is 0.480 e. The Hall–Kier alpha value is -2.61. The number of carbonyl (C=O) groups is 3. The number of amides is 2. The summed E-state index contributed by atoms with van der Waals surface area (Å²) < 4.78 is 0. The van der Waals surface area contributed by atoms with Crippen molar-refractivity contribution in [1.29, 1.82) is 0 Å². The van der Waals surface area contributed by atoms with Crippen molar-refractivity contribution in [3.63, 3.8) is 0 Å². The third kappa shape index (κ3) is 4.94. The first kappa shape index (κ1) is 15.4. The summed E-state index contributed by atoms with van der Waals surface area (Å²) in [4.78, 5) is 32.6. The van der Waals surface area contributed by atoms with E-state index in [-0.39, 0.29) is 18.7 Å². The minimum atomic E-state index is -1.21. The predicted molar refractivity (Wildman–Crippen MR) is 69.3 cm³/mol. The number of nitrogens with two attached hydrogens (primary N) is 1. The normalized spacial score (nSPS) is 11.4. The minimum absolute atomic E-state index is 0.120. The van der Waals surface area contributed by atoms with E-state index < -0.39 is 24.0 Å². The molecule has 0 spiro atoms. The van der Waals surface area contributed by atoms with E-state index in [1.54, 1.807) is 12.1 Å². The summed E-state index contributed by atoms with van der Waals surface area (Å²) >= 11 is 0. The lowest BCUT2D eigenvalue weighted by Gasteiger charge is -2.10. The van der Waals surface area contributed by atoms with Gasteiger partial charge in [0.05, 0.1) is 5.56 Å². The summed E-state index contributed by atoms with van der Waals surface area (Å²) in [5, 5.41) is 22.1. The number of nitrogens with one attached hydrogen (secondary N) is 2. The number of carbonyl (C=O) groups excluding carboxylic acids is 1. The highest BCUT2D eigenvalue weighted by molar-refractivity contribution is 5.87. The van der Waals surface area contributed by atoms with Crippen LogP contribution in [0.25, 0.3) is 0 Å². The fourth-order valence-electron chi connectivity index (χ4n) is 1.35. The van der Waals surface area contributed by atoms with Crippen LogP contribution in [0.5, 0.6) is 0 Å². The van der Waals surface area contributed by atoms with Crippen LogP contribution in [0.2, 0.25) is 0 Å². The first-order chi connectivity index (χ1) is 9.40. The van der Waals surface area contributed by atoms with Crippen LogP contribution in [-0.2, 0) is 11.3 Å². The number of carboxylic acids is 2. The highest BCUT2D eigenvalue weighted by Gasteiger charge is 2.12. The van der Waals surface area contributed by atoms with Gasteiger partial charge in [0.2, 0.25) is 0 Å². The fourth-order valence-corrected chi connectivity index (χ4v) is 1.35. The number of benzene rings is 1. The highest BCUT2D eigenvalue weighted by Crippen LogP contribution is 2.04. The zero-order valence-corrected chi connectivity index (χ0v) is 10.5. The highest BCUT2D eigenvalue weighted by atomic mass is 16.4. The lowest BCUT2D eigenvalue weighted by Crippen LogP contribution is -2.45. The van der Waals surface area contributed by atoms with Gasteiger partial charge in [-0.3, -0.25) is 4.79 Å². The van der Waals surface area contributed by atoms with Gasteiger partial charge >= 0.3 is 18.0 Å². The second-order valence-electron chi connectivity index (χ2n) is 4.01. The van der Waals surface area contributed by atoms with Gasteiger partial charge in [0, 0.05) is 13.1 Å². The molecule has 0 aliphatic carbocycles. The lowest BCUT2D eigenvalue weighted by molar-refractivity contribution is -0.138. The van der Waals surface area contributed by atoms with Crippen LogP contribution in [0.3, 0.4) is 0 Å². The molecule has 0 aromatic heterocycles. The first-order valence-electron chi connectivity index (χ1n) is 5.72. The molecule has 108 valence electrons. The monoisotopic (exact) mass is 281 g/mol. The Bertz CT molecular complexity index is 518. The molecule has 6 N–H and O–H groups in total. The Morgan fingerprint density at radius 1 is 1.20 bits per heavy atom. The number of hydrogen-bond acceptors (Lipinski definition) is 4. The number of hydrogen-bond donors (Lipinski definition) is 5. The maximum absolute atomic E-state index is 11.4. The molecule has 0 radical (unpaired) electrons. The Kier molecular flexibility index (Phi) is 5.48. The third-order valence-corrected chi connectivity index (χ3v) is 2.43. The summed E-state index contributed by atoms with van der Waals surface area (Å²) in [6, 6.07) is 4.36. The van der Waals surface area contributed by atoms with Gasteiger partial charge in [-0.2, -0.15) is 0 Å². The van der Waals surface area contributed by atoms with Crippen LogP contribution in [0, 0.1) is 0 Å². The van der Waals surface area contributed by atoms with Crippen LogP contribution >= 0.6 is 0 Å². The quantitative estimate of drug-likeness (QED) is 0.480. The lowest BCUT2D eigenvalue weighted by atomic mass is 10.1. The summed E-state index contributed by atoms with van der Waals surface area (Å²) in [5.41, 5.74) is 5.95. The van der Waals surface area contributed by atoms with Crippen molar-refractivity contribution < 1.29 is 24.6 Å². The van der Waals surface area contributed by atoms with Crippen LogP contribution in [0.15, 0.2) is 24.3 Å². The van der Waals surface area contributed by atoms with Crippen molar-refractivity contribution in [2.45, 2.75) is 12.6 Å². The van der Waals surface area contributed by atoms with Crippen molar-refractivity contribution in [2.75, 3.05) is 6.54 Å². The minimum Gasteiger partial charge on any atom is -0.480 e. The van der Waals surface area contributed by atoms with Gasteiger partial charge in [-0.15, -0.1) is 0 Å². The standard InChI is InChI=1S/C12H15N3O5/c13-9(11(18)19)6-15-12(20)14-5-7-2-1-3-8(4-7)10(16)17/h1-4,9H,5-6,13H2,(H,16,17)(H,18,19)(H2,14,15,20)/t9-/m0/s1. The van der Waals surface area contributed by atoms with Gasteiger partial charge in [0.25, 0.3) is 0 Å². The van der Waals surface area contributed by atoms with Crippen molar-refractivity contribution in [1.82, 2.24) is 10.6 Å². The Balaban J connectivity index is 2.43. The Morgan fingerprint density at radius 2 is 1.90 bits per heavy atom. The summed E-state index contributed by atoms with van der Waals surface area (Å²) in [6.45, 7) is -0.0778. The van der Waals surface area contributed by atoms with Crippen molar-refractivity contribution in [3.05, 3.63) is 35.4 Å². The molecule has 0 saturated heterocycles. The molecule has 0 fully saturated rings. The number of carboxylic acid groups (broad SMARTS) is 2.